The Kier molecular flexibility index (Phi) is 3.98. The molecule has 1 amide bonds. The lowest BCUT2D eigenvalue weighted by atomic mass is 9.95. The molecule has 1 aromatic rings. The van der Waals surface area contributed by atoms with Gasteiger partial charge < -0.3 is 10.2 Å². The zero-order valence-electron chi connectivity index (χ0n) is 12.2. The SMILES string of the molecule is O=C(CC1CSCCN1)N1CCc2sccc2C1C1CC1. The first kappa shape index (κ1) is 14.1. The molecular formula is C16H22N2OS2. The van der Waals surface area contributed by atoms with E-state index in [0.717, 1.165) is 31.2 Å². The van der Waals surface area contributed by atoms with E-state index in [9.17, 15) is 4.79 Å². The summed E-state index contributed by atoms with van der Waals surface area (Å²) < 4.78 is 0. The normalized spacial score (nSPS) is 29.2. The molecule has 3 nitrogen and oxygen atoms in total. The van der Waals surface area contributed by atoms with Crippen molar-refractivity contribution in [2.75, 3.05) is 24.6 Å². The Morgan fingerprint density at radius 2 is 2.33 bits per heavy atom. The Hall–Kier alpha value is -0.520. The summed E-state index contributed by atoms with van der Waals surface area (Å²) in [7, 11) is 0. The number of thioether (sulfide) groups is 1. The quantitative estimate of drug-likeness (QED) is 0.928. The van der Waals surface area contributed by atoms with Crippen molar-refractivity contribution in [3.05, 3.63) is 21.9 Å². The average Bonchev–Trinajstić information content (AvgIpc) is 3.23. The van der Waals surface area contributed by atoms with E-state index in [-0.39, 0.29) is 0 Å². The van der Waals surface area contributed by atoms with Crippen molar-refractivity contribution in [1.29, 1.82) is 0 Å². The van der Waals surface area contributed by atoms with Gasteiger partial charge in [-0.15, -0.1) is 11.3 Å². The Morgan fingerprint density at radius 1 is 1.43 bits per heavy atom. The van der Waals surface area contributed by atoms with Crippen LogP contribution in [0.25, 0.3) is 0 Å². The van der Waals surface area contributed by atoms with E-state index in [1.54, 1.807) is 0 Å². The summed E-state index contributed by atoms with van der Waals surface area (Å²) in [5.74, 6) is 3.34. The highest BCUT2D eigenvalue weighted by molar-refractivity contribution is 7.99. The summed E-state index contributed by atoms with van der Waals surface area (Å²) in [5, 5.41) is 5.70. The van der Waals surface area contributed by atoms with E-state index in [1.165, 1.54) is 29.0 Å². The molecule has 21 heavy (non-hydrogen) atoms. The van der Waals surface area contributed by atoms with Crippen LogP contribution in [0.15, 0.2) is 11.4 Å². The summed E-state index contributed by atoms with van der Waals surface area (Å²) >= 11 is 3.84. The minimum Gasteiger partial charge on any atom is -0.335 e. The molecule has 0 spiro atoms. The number of carbonyl (C=O) groups excluding carboxylic acids is 1. The molecule has 2 unspecified atom stereocenters. The lowest BCUT2D eigenvalue weighted by Crippen LogP contribution is -2.45. The van der Waals surface area contributed by atoms with Crippen LogP contribution in [0.2, 0.25) is 0 Å². The fourth-order valence-electron chi connectivity index (χ4n) is 3.63. The fraction of sp³-hybridized carbons (Fsp3) is 0.688. The van der Waals surface area contributed by atoms with Crippen LogP contribution < -0.4 is 5.32 Å². The van der Waals surface area contributed by atoms with Crippen molar-refractivity contribution >= 4 is 29.0 Å². The topological polar surface area (TPSA) is 32.3 Å². The second-order valence-electron chi connectivity index (χ2n) is 6.35. The second kappa shape index (κ2) is 5.94. The molecule has 5 heteroatoms. The Labute approximate surface area is 134 Å². The highest BCUT2D eigenvalue weighted by Gasteiger charge is 2.42. The summed E-state index contributed by atoms with van der Waals surface area (Å²) in [4.78, 5) is 16.5. The number of nitrogens with zero attached hydrogens (tertiary/aromatic N) is 1. The minimum absolute atomic E-state index is 0.365. The van der Waals surface area contributed by atoms with E-state index in [2.05, 4.69) is 21.7 Å². The van der Waals surface area contributed by atoms with Crippen molar-refractivity contribution < 1.29 is 4.79 Å². The molecule has 1 saturated carbocycles. The third-order valence-corrected chi connectivity index (χ3v) is 6.95. The van der Waals surface area contributed by atoms with Gasteiger partial charge in [-0.2, -0.15) is 11.8 Å². The molecule has 4 rings (SSSR count). The number of hydrogen-bond acceptors (Lipinski definition) is 4. The lowest BCUT2D eigenvalue weighted by molar-refractivity contribution is -0.135. The van der Waals surface area contributed by atoms with Gasteiger partial charge in [0.25, 0.3) is 0 Å². The number of nitrogens with one attached hydrogen (secondary N) is 1. The predicted octanol–water partition coefficient (Wildman–Crippen LogP) is 2.68. The van der Waals surface area contributed by atoms with Crippen LogP contribution in [-0.4, -0.2) is 41.4 Å². The van der Waals surface area contributed by atoms with Crippen molar-refractivity contribution in [1.82, 2.24) is 10.2 Å². The molecule has 114 valence electrons. The number of thiophene rings is 1. The first-order valence-electron chi connectivity index (χ1n) is 8.00. The first-order chi connectivity index (χ1) is 10.3. The molecule has 1 N–H and O–H groups in total. The number of hydrogen-bond donors (Lipinski definition) is 1. The van der Waals surface area contributed by atoms with E-state index < -0.39 is 0 Å². The Morgan fingerprint density at radius 3 is 3.10 bits per heavy atom. The fourth-order valence-corrected chi connectivity index (χ4v) is 5.49. The van der Waals surface area contributed by atoms with Crippen molar-refractivity contribution in [2.24, 2.45) is 5.92 Å². The molecule has 2 atom stereocenters. The molecule has 1 aromatic heterocycles. The minimum atomic E-state index is 0.365. The smallest absolute Gasteiger partial charge is 0.224 e. The van der Waals surface area contributed by atoms with Crippen LogP contribution >= 0.6 is 23.1 Å². The molecule has 0 aromatic carbocycles. The van der Waals surface area contributed by atoms with Gasteiger partial charge in [0.1, 0.15) is 0 Å². The maximum absolute atomic E-state index is 12.8. The summed E-state index contributed by atoms with van der Waals surface area (Å²) in [6.45, 7) is 1.97. The molecule has 2 fully saturated rings. The number of fused-ring (bicyclic) bond motifs is 1. The van der Waals surface area contributed by atoms with Crippen LogP contribution in [0.5, 0.6) is 0 Å². The number of rotatable bonds is 3. The van der Waals surface area contributed by atoms with Crippen molar-refractivity contribution in [2.45, 2.75) is 37.8 Å². The van der Waals surface area contributed by atoms with Gasteiger partial charge in [-0.3, -0.25) is 4.79 Å². The van der Waals surface area contributed by atoms with Gasteiger partial charge in [-0.1, -0.05) is 0 Å². The average molecular weight is 322 g/mol. The van der Waals surface area contributed by atoms with Crippen LogP contribution in [0.4, 0.5) is 0 Å². The standard InChI is InChI=1S/C16H22N2OS2/c19-15(9-12-10-20-8-5-17-12)18-6-3-14-13(4-7-21-14)16(18)11-1-2-11/h4,7,11-12,16-17H,1-3,5-6,8-10H2. The number of amides is 1. The van der Waals surface area contributed by atoms with E-state index in [0.29, 0.717) is 24.4 Å². The summed E-state index contributed by atoms with van der Waals surface area (Å²) in [6.07, 6.45) is 4.31. The summed E-state index contributed by atoms with van der Waals surface area (Å²) in [5.41, 5.74) is 1.45. The molecule has 1 saturated heterocycles. The van der Waals surface area contributed by atoms with E-state index in [4.69, 9.17) is 0 Å². The molecule has 0 bridgehead atoms. The van der Waals surface area contributed by atoms with Gasteiger partial charge in [0.2, 0.25) is 5.91 Å². The van der Waals surface area contributed by atoms with Gasteiger partial charge in [0.15, 0.2) is 0 Å². The van der Waals surface area contributed by atoms with Crippen LogP contribution in [-0.2, 0) is 11.2 Å². The molecular weight excluding hydrogens is 300 g/mol. The highest BCUT2D eigenvalue weighted by atomic mass is 32.2. The third kappa shape index (κ3) is 2.88. The van der Waals surface area contributed by atoms with Crippen molar-refractivity contribution in [3.8, 4) is 0 Å². The lowest BCUT2D eigenvalue weighted by Gasteiger charge is -2.37. The largest absolute Gasteiger partial charge is 0.335 e. The van der Waals surface area contributed by atoms with Crippen molar-refractivity contribution in [3.63, 3.8) is 0 Å². The van der Waals surface area contributed by atoms with Gasteiger partial charge in [-0.25, -0.2) is 0 Å². The number of carbonyl (C=O) groups is 1. The van der Waals surface area contributed by atoms with Gasteiger partial charge in [0, 0.05) is 41.9 Å². The predicted molar refractivity (Wildman–Crippen MR) is 88.9 cm³/mol. The Balaban J connectivity index is 1.49. The summed E-state index contributed by atoms with van der Waals surface area (Å²) in [6, 6.07) is 3.01. The molecule has 3 aliphatic rings. The van der Waals surface area contributed by atoms with Gasteiger partial charge in [-0.05, 0) is 42.2 Å². The van der Waals surface area contributed by atoms with E-state index in [1.807, 2.05) is 23.1 Å². The second-order valence-corrected chi connectivity index (χ2v) is 8.50. The maximum atomic E-state index is 12.8. The van der Waals surface area contributed by atoms with Gasteiger partial charge in [0.05, 0.1) is 6.04 Å². The van der Waals surface area contributed by atoms with E-state index >= 15 is 0 Å². The highest BCUT2D eigenvalue weighted by Crippen LogP contribution is 2.48. The maximum Gasteiger partial charge on any atom is 0.224 e. The first-order valence-corrected chi connectivity index (χ1v) is 10.0. The molecule has 0 radical (unpaired) electrons. The monoisotopic (exact) mass is 322 g/mol. The zero-order chi connectivity index (χ0) is 14.2. The molecule has 2 aliphatic heterocycles. The molecule has 1 aliphatic carbocycles. The van der Waals surface area contributed by atoms with Crippen LogP contribution in [0.3, 0.4) is 0 Å². The van der Waals surface area contributed by atoms with Gasteiger partial charge >= 0.3 is 0 Å². The Bertz CT molecular complexity index is 520. The molecule has 3 heterocycles. The van der Waals surface area contributed by atoms with Crippen LogP contribution in [0.1, 0.15) is 35.7 Å². The zero-order valence-corrected chi connectivity index (χ0v) is 13.8. The van der Waals surface area contributed by atoms with Crippen LogP contribution in [0, 0.1) is 5.92 Å². The third-order valence-electron chi connectivity index (χ3n) is 4.82.